The minimum atomic E-state index is -1.000. The lowest BCUT2D eigenvalue weighted by molar-refractivity contribution is -0.138. The standard InChI is InChI=1S/C7H12N4O3S/c1-2-5(12)4-15-7-8-9-10-11(7)3-6(13)14/h5,12H,2-4H2,1H3,(H,13,14). The van der Waals surface area contributed by atoms with Crippen LogP contribution in [0.2, 0.25) is 0 Å². The van der Waals surface area contributed by atoms with E-state index in [9.17, 15) is 9.90 Å². The van der Waals surface area contributed by atoms with Crippen LogP contribution in [-0.4, -0.2) is 48.2 Å². The van der Waals surface area contributed by atoms with Crippen LogP contribution in [0.5, 0.6) is 0 Å². The molecular weight excluding hydrogens is 220 g/mol. The van der Waals surface area contributed by atoms with Gasteiger partial charge in [0, 0.05) is 5.75 Å². The minimum absolute atomic E-state index is 0.266. The normalized spacial score (nSPS) is 12.7. The number of hydrogen-bond donors (Lipinski definition) is 2. The van der Waals surface area contributed by atoms with E-state index in [1.807, 2.05) is 6.92 Å². The molecule has 1 aromatic heterocycles. The van der Waals surface area contributed by atoms with Crippen LogP contribution in [0.3, 0.4) is 0 Å². The summed E-state index contributed by atoms with van der Waals surface area (Å²) in [6, 6.07) is 0. The summed E-state index contributed by atoms with van der Waals surface area (Å²) in [4.78, 5) is 10.4. The summed E-state index contributed by atoms with van der Waals surface area (Å²) < 4.78 is 1.19. The molecule has 8 heteroatoms. The minimum Gasteiger partial charge on any atom is -0.480 e. The van der Waals surface area contributed by atoms with Gasteiger partial charge in [0.15, 0.2) is 0 Å². The molecule has 1 atom stereocenters. The van der Waals surface area contributed by atoms with Crippen LogP contribution < -0.4 is 0 Å². The fourth-order valence-electron chi connectivity index (χ4n) is 0.816. The molecule has 0 aliphatic carbocycles. The first-order chi connectivity index (χ1) is 7.13. The van der Waals surface area contributed by atoms with Gasteiger partial charge in [-0.1, -0.05) is 18.7 Å². The van der Waals surface area contributed by atoms with E-state index in [0.29, 0.717) is 17.3 Å². The number of hydrogen-bond acceptors (Lipinski definition) is 6. The molecule has 0 aromatic carbocycles. The van der Waals surface area contributed by atoms with E-state index < -0.39 is 12.1 Å². The molecule has 0 saturated heterocycles. The Morgan fingerprint density at radius 1 is 1.67 bits per heavy atom. The molecule has 1 unspecified atom stereocenters. The van der Waals surface area contributed by atoms with Crippen molar-refractivity contribution in [3.05, 3.63) is 0 Å². The molecule has 15 heavy (non-hydrogen) atoms. The zero-order valence-corrected chi connectivity index (χ0v) is 9.01. The van der Waals surface area contributed by atoms with Crippen molar-refractivity contribution >= 4 is 17.7 Å². The number of nitrogens with zero attached hydrogens (tertiary/aromatic N) is 4. The summed E-state index contributed by atoms with van der Waals surface area (Å²) >= 11 is 1.24. The second-order valence-electron chi connectivity index (χ2n) is 2.89. The lowest BCUT2D eigenvalue weighted by Gasteiger charge is -2.05. The summed E-state index contributed by atoms with van der Waals surface area (Å²) in [5.74, 6) is -0.545. The zero-order valence-electron chi connectivity index (χ0n) is 8.20. The van der Waals surface area contributed by atoms with Gasteiger partial charge in [-0.25, -0.2) is 4.68 Å². The van der Waals surface area contributed by atoms with Gasteiger partial charge in [0.2, 0.25) is 5.16 Å². The van der Waals surface area contributed by atoms with Crippen molar-refractivity contribution in [3.63, 3.8) is 0 Å². The molecule has 84 valence electrons. The summed E-state index contributed by atoms with van der Waals surface area (Å²) in [5, 5.41) is 28.9. The molecule has 1 aromatic rings. The third kappa shape index (κ3) is 3.84. The number of aliphatic carboxylic acids is 1. The Hall–Kier alpha value is -1.15. The lowest BCUT2D eigenvalue weighted by atomic mass is 10.3. The van der Waals surface area contributed by atoms with Crippen molar-refractivity contribution in [2.24, 2.45) is 0 Å². The molecule has 1 heterocycles. The maximum Gasteiger partial charge on any atom is 0.325 e. The Morgan fingerprint density at radius 2 is 2.40 bits per heavy atom. The zero-order chi connectivity index (χ0) is 11.3. The Bertz CT molecular complexity index is 330. The monoisotopic (exact) mass is 232 g/mol. The molecule has 0 aliphatic heterocycles. The van der Waals surface area contributed by atoms with Crippen LogP contribution in [0.4, 0.5) is 0 Å². The number of carboxylic acid groups (broad SMARTS) is 1. The molecular formula is C7H12N4O3S. The first-order valence-electron chi connectivity index (χ1n) is 4.42. The molecule has 7 nitrogen and oxygen atoms in total. The van der Waals surface area contributed by atoms with Crippen molar-refractivity contribution in [2.45, 2.75) is 31.1 Å². The van der Waals surface area contributed by atoms with E-state index in [1.165, 1.54) is 16.4 Å². The van der Waals surface area contributed by atoms with Crippen molar-refractivity contribution in [1.29, 1.82) is 0 Å². The van der Waals surface area contributed by atoms with Crippen LogP contribution in [-0.2, 0) is 11.3 Å². The fraction of sp³-hybridized carbons (Fsp3) is 0.714. The molecule has 0 saturated carbocycles. The van der Waals surface area contributed by atoms with Gasteiger partial charge in [-0.3, -0.25) is 4.79 Å². The molecule has 0 fully saturated rings. The van der Waals surface area contributed by atoms with Gasteiger partial charge in [0.25, 0.3) is 0 Å². The van der Waals surface area contributed by atoms with Gasteiger partial charge in [-0.05, 0) is 16.8 Å². The second-order valence-corrected chi connectivity index (χ2v) is 3.87. The largest absolute Gasteiger partial charge is 0.480 e. The predicted octanol–water partition coefficient (Wildman–Crippen LogP) is -0.379. The van der Waals surface area contributed by atoms with Crippen LogP contribution in [0.25, 0.3) is 0 Å². The molecule has 2 N–H and O–H groups in total. The van der Waals surface area contributed by atoms with Gasteiger partial charge < -0.3 is 10.2 Å². The maximum absolute atomic E-state index is 10.4. The van der Waals surface area contributed by atoms with Gasteiger partial charge in [0.1, 0.15) is 6.54 Å². The second kappa shape index (κ2) is 5.66. The van der Waals surface area contributed by atoms with Gasteiger partial charge >= 0.3 is 5.97 Å². The highest BCUT2D eigenvalue weighted by Crippen LogP contribution is 2.15. The van der Waals surface area contributed by atoms with Crippen LogP contribution in [0.15, 0.2) is 5.16 Å². The number of carbonyl (C=O) groups is 1. The molecule has 0 amide bonds. The van der Waals surface area contributed by atoms with E-state index in [1.54, 1.807) is 0 Å². The van der Waals surface area contributed by atoms with Crippen LogP contribution in [0, 0.1) is 0 Å². The predicted molar refractivity (Wildman–Crippen MR) is 52.5 cm³/mol. The quantitative estimate of drug-likeness (QED) is 0.645. The molecule has 0 radical (unpaired) electrons. The molecule has 0 spiro atoms. The summed E-state index contributed by atoms with van der Waals surface area (Å²) in [7, 11) is 0. The number of aromatic nitrogens is 4. The average Bonchev–Trinajstić information content (AvgIpc) is 2.61. The topological polar surface area (TPSA) is 101 Å². The van der Waals surface area contributed by atoms with Crippen LogP contribution >= 0.6 is 11.8 Å². The van der Waals surface area contributed by atoms with Crippen molar-refractivity contribution in [3.8, 4) is 0 Å². The van der Waals surface area contributed by atoms with Gasteiger partial charge in [-0.2, -0.15) is 0 Å². The number of carboxylic acids is 1. The number of thioether (sulfide) groups is 1. The molecule has 0 bridgehead atoms. The number of rotatable bonds is 6. The highest BCUT2D eigenvalue weighted by Gasteiger charge is 2.11. The van der Waals surface area contributed by atoms with Gasteiger partial charge in [0.05, 0.1) is 6.10 Å². The molecule has 0 aliphatic rings. The first-order valence-corrected chi connectivity index (χ1v) is 5.40. The van der Waals surface area contributed by atoms with E-state index in [0.717, 1.165) is 0 Å². The Balaban J connectivity index is 2.53. The number of aliphatic hydroxyl groups excluding tert-OH is 1. The van der Waals surface area contributed by atoms with Crippen molar-refractivity contribution in [1.82, 2.24) is 20.2 Å². The first kappa shape index (κ1) is 11.9. The smallest absolute Gasteiger partial charge is 0.325 e. The lowest BCUT2D eigenvalue weighted by Crippen LogP contribution is -2.13. The van der Waals surface area contributed by atoms with E-state index in [-0.39, 0.29) is 6.54 Å². The Morgan fingerprint density at radius 3 is 3.00 bits per heavy atom. The van der Waals surface area contributed by atoms with E-state index >= 15 is 0 Å². The van der Waals surface area contributed by atoms with E-state index in [2.05, 4.69) is 15.5 Å². The van der Waals surface area contributed by atoms with Gasteiger partial charge in [-0.15, -0.1) is 5.10 Å². The van der Waals surface area contributed by atoms with Crippen molar-refractivity contribution < 1.29 is 15.0 Å². The molecule has 1 rings (SSSR count). The highest BCUT2D eigenvalue weighted by molar-refractivity contribution is 7.99. The third-order valence-corrected chi connectivity index (χ3v) is 2.76. The van der Waals surface area contributed by atoms with E-state index in [4.69, 9.17) is 5.11 Å². The van der Waals surface area contributed by atoms with Crippen LogP contribution in [0.1, 0.15) is 13.3 Å². The Kier molecular flexibility index (Phi) is 4.50. The maximum atomic E-state index is 10.4. The number of aliphatic hydroxyl groups is 1. The summed E-state index contributed by atoms with van der Waals surface area (Å²) in [6.45, 7) is 1.60. The highest BCUT2D eigenvalue weighted by atomic mass is 32.2. The third-order valence-electron chi connectivity index (χ3n) is 1.66. The van der Waals surface area contributed by atoms with Crippen molar-refractivity contribution in [2.75, 3.05) is 5.75 Å². The SMILES string of the molecule is CCC(O)CSc1nnnn1CC(=O)O. The fourth-order valence-corrected chi connectivity index (χ4v) is 1.74. The summed E-state index contributed by atoms with van der Waals surface area (Å²) in [6.07, 6.45) is 0.220. The summed E-state index contributed by atoms with van der Waals surface area (Å²) in [5.41, 5.74) is 0. The Labute approximate surface area is 90.5 Å². The number of tetrazole rings is 1. The average molecular weight is 232 g/mol.